The van der Waals surface area contributed by atoms with Gasteiger partial charge in [-0.25, -0.2) is 9.18 Å². The maximum atomic E-state index is 15.1. The quantitative estimate of drug-likeness (QED) is 0.0852. The Hall–Kier alpha value is -5.58. The van der Waals surface area contributed by atoms with Crippen LogP contribution in [0.5, 0.6) is 11.5 Å². The number of carbonyl (C=O) groups excluding carboxylic acids is 4. The molecule has 0 aliphatic carbocycles. The lowest BCUT2D eigenvalue weighted by Gasteiger charge is -2.30. The summed E-state index contributed by atoms with van der Waals surface area (Å²) in [6, 6.07) is 10.4. The molecule has 334 valence electrons. The maximum absolute atomic E-state index is 15.1. The molecule has 1 heterocycles. The molecule has 4 rings (SSSR count). The van der Waals surface area contributed by atoms with Crippen molar-refractivity contribution in [1.82, 2.24) is 20.9 Å². The number of carboxylic acid groups (broad SMARTS) is 1. The normalized spacial score (nSPS) is 16.2. The zero-order valence-electron chi connectivity index (χ0n) is 35.9. The first-order chi connectivity index (χ1) is 29.3. The molecule has 61 heavy (non-hydrogen) atoms. The SMILES string of the molecule is CCCCCCCCc1ccc(C(=O)NCC(=O)N(C)C2C(=O)N[C@@H](C)C(=O)NC(C(=O)O)Cc3ccc(OCCN)c(c3)-c3cc2ccc3OCCN)c(F)c1.CCCN. The molecule has 15 nitrogen and oxygen atoms in total. The van der Waals surface area contributed by atoms with Crippen molar-refractivity contribution in [1.29, 1.82) is 0 Å². The smallest absolute Gasteiger partial charge is 0.326 e. The van der Waals surface area contributed by atoms with Crippen LogP contribution in [0.3, 0.4) is 0 Å². The second kappa shape index (κ2) is 25.9. The Kier molecular flexibility index (Phi) is 21.1. The van der Waals surface area contributed by atoms with E-state index in [-0.39, 0.29) is 38.3 Å². The fraction of sp³-hybridized carbons (Fsp3) is 0.489. The summed E-state index contributed by atoms with van der Waals surface area (Å²) in [5, 5.41) is 17.6. The summed E-state index contributed by atoms with van der Waals surface area (Å²) in [6.45, 7) is 6.52. The van der Waals surface area contributed by atoms with E-state index in [0.717, 1.165) is 49.1 Å². The van der Waals surface area contributed by atoms with Crippen LogP contribution in [0.1, 0.15) is 98.8 Å². The van der Waals surface area contributed by atoms with Crippen LogP contribution < -0.4 is 42.6 Å². The van der Waals surface area contributed by atoms with Gasteiger partial charge in [-0.05, 0) is 85.8 Å². The van der Waals surface area contributed by atoms with Gasteiger partial charge in [-0.15, -0.1) is 0 Å². The first kappa shape index (κ1) is 49.8. The third-order valence-electron chi connectivity index (χ3n) is 10.0. The predicted octanol–water partition coefficient (Wildman–Crippen LogP) is 3.99. The molecule has 0 radical (unpaired) electrons. The molecule has 1 aliphatic heterocycles. The highest BCUT2D eigenvalue weighted by Gasteiger charge is 2.33. The summed E-state index contributed by atoms with van der Waals surface area (Å²) in [6.07, 6.45) is 8.30. The number of carbonyl (C=O) groups is 5. The van der Waals surface area contributed by atoms with Gasteiger partial charge < -0.3 is 52.6 Å². The molecular weight excluding hydrogens is 786 g/mol. The van der Waals surface area contributed by atoms with Crippen LogP contribution >= 0.6 is 0 Å². The third kappa shape index (κ3) is 15.1. The van der Waals surface area contributed by atoms with Crippen molar-refractivity contribution in [2.24, 2.45) is 17.2 Å². The van der Waals surface area contributed by atoms with E-state index in [4.69, 9.17) is 26.7 Å². The monoisotopic (exact) mass is 849 g/mol. The van der Waals surface area contributed by atoms with E-state index in [1.165, 1.54) is 38.9 Å². The van der Waals surface area contributed by atoms with Crippen molar-refractivity contribution in [3.63, 3.8) is 0 Å². The van der Waals surface area contributed by atoms with Gasteiger partial charge in [-0.2, -0.15) is 0 Å². The van der Waals surface area contributed by atoms with Crippen molar-refractivity contribution in [2.45, 2.75) is 96.7 Å². The Morgan fingerprint density at radius 3 is 2.05 bits per heavy atom. The van der Waals surface area contributed by atoms with Crippen LogP contribution in [0.15, 0.2) is 54.6 Å². The van der Waals surface area contributed by atoms with E-state index >= 15 is 4.39 Å². The third-order valence-corrected chi connectivity index (χ3v) is 10.0. The van der Waals surface area contributed by atoms with E-state index in [2.05, 4.69) is 29.8 Å². The summed E-state index contributed by atoms with van der Waals surface area (Å²) in [4.78, 5) is 67.6. The van der Waals surface area contributed by atoms with Gasteiger partial charge in [-0.3, -0.25) is 19.2 Å². The predicted molar refractivity (Wildman–Crippen MR) is 233 cm³/mol. The van der Waals surface area contributed by atoms with Gasteiger partial charge in [0.2, 0.25) is 17.7 Å². The Labute approximate surface area is 358 Å². The number of fused-ring (bicyclic) bond motifs is 5. The molecular formula is C45H64FN7O8. The second-order valence-electron chi connectivity index (χ2n) is 14.9. The number of ether oxygens (including phenoxy) is 2. The highest BCUT2D eigenvalue weighted by molar-refractivity contribution is 5.98. The van der Waals surface area contributed by atoms with E-state index in [1.54, 1.807) is 42.5 Å². The Bertz CT molecular complexity index is 1930. The average molecular weight is 850 g/mol. The number of amides is 4. The Balaban J connectivity index is 0.00000237. The molecule has 4 bridgehead atoms. The fourth-order valence-corrected chi connectivity index (χ4v) is 6.60. The van der Waals surface area contributed by atoms with E-state index in [0.29, 0.717) is 40.2 Å². The lowest BCUT2D eigenvalue weighted by Crippen LogP contribution is -2.53. The lowest BCUT2D eigenvalue weighted by molar-refractivity contribution is -0.142. The fourth-order valence-electron chi connectivity index (χ4n) is 6.60. The number of carboxylic acids is 1. The topological polar surface area (TPSA) is 241 Å². The number of aliphatic carboxylic acids is 1. The van der Waals surface area contributed by atoms with E-state index < -0.39 is 60.1 Å². The second-order valence-corrected chi connectivity index (χ2v) is 14.9. The van der Waals surface area contributed by atoms with Crippen LogP contribution in [0, 0.1) is 5.82 Å². The minimum Gasteiger partial charge on any atom is -0.492 e. The van der Waals surface area contributed by atoms with Crippen LogP contribution in [-0.4, -0.2) is 98.1 Å². The molecule has 4 amide bonds. The van der Waals surface area contributed by atoms with Gasteiger partial charge in [0.25, 0.3) is 5.91 Å². The number of hydrogen-bond donors (Lipinski definition) is 7. The van der Waals surface area contributed by atoms with Crippen molar-refractivity contribution >= 4 is 29.6 Å². The summed E-state index contributed by atoms with van der Waals surface area (Å²) < 4.78 is 27.1. The van der Waals surface area contributed by atoms with Gasteiger partial charge >= 0.3 is 5.97 Å². The van der Waals surface area contributed by atoms with Crippen molar-refractivity contribution in [3.8, 4) is 22.6 Å². The average Bonchev–Trinajstić information content (AvgIpc) is 3.25. The van der Waals surface area contributed by atoms with Crippen molar-refractivity contribution < 1.29 is 42.9 Å². The largest absolute Gasteiger partial charge is 0.492 e. The number of benzene rings is 3. The zero-order chi connectivity index (χ0) is 44.9. The number of halogens is 1. The molecule has 0 saturated heterocycles. The standard InChI is InChI=1S/C42H55FN6O8.C3H9N/c1-4-5-6-7-8-9-10-27-11-14-30(33(43)22-27)40(52)46-25-37(50)49(3)38-29-13-16-36(57-20-18-45)32(24-29)31-21-28(12-15-35(31)56-19-17-44)23-34(42(54)55)48-39(51)26(2)47-41(38)53;1-2-3-4/h11-16,21-22,24,26,34,38H,4-10,17-20,23,25,44-45H2,1-3H3,(H,46,52)(H,47,53)(H,48,51)(H,54,55);2-4H2,1H3/t26-,34?,38?;/m0./s1. The number of rotatable bonds is 19. The minimum absolute atomic E-state index is 0.0938. The highest BCUT2D eigenvalue weighted by Crippen LogP contribution is 2.40. The number of nitrogens with zero attached hydrogens (tertiary/aromatic N) is 1. The Morgan fingerprint density at radius 1 is 0.820 bits per heavy atom. The number of nitrogens with one attached hydrogen (secondary N) is 3. The van der Waals surface area contributed by atoms with E-state index in [9.17, 15) is 29.1 Å². The number of hydrogen-bond acceptors (Lipinski definition) is 10. The van der Waals surface area contributed by atoms with Crippen molar-refractivity contribution in [3.05, 3.63) is 82.7 Å². The molecule has 0 saturated carbocycles. The molecule has 3 atom stereocenters. The van der Waals surface area contributed by atoms with Gasteiger partial charge in [0.1, 0.15) is 48.7 Å². The van der Waals surface area contributed by atoms with Crippen LogP contribution in [-0.2, 0) is 32.0 Å². The first-order valence-corrected chi connectivity index (χ1v) is 21.1. The van der Waals surface area contributed by atoms with Gasteiger partial charge in [0.15, 0.2) is 0 Å². The molecule has 0 spiro atoms. The van der Waals surface area contributed by atoms with Crippen LogP contribution in [0.25, 0.3) is 11.1 Å². The molecule has 3 aromatic carbocycles. The lowest BCUT2D eigenvalue weighted by atomic mass is 9.93. The summed E-state index contributed by atoms with van der Waals surface area (Å²) in [5.41, 5.74) is 18.8. The van der Waals surface area contributed by atoms with E-state index in [1.807, 2.05) is 0 Å². The highest BCUT2D eigenvalue weighted by atomic mass is 19.1. The number of aryl methyl sites for hydroxylation is 1. The summed E-state index contributed by atoms with van der Waals surface area (Å²) >= 11 is 0. The maximum Gasteiger partial charge on any atom is 0.326 e. The molecule has 0 fully saturated rings. The number of likely N-dealkylation sites (N-methyl/N-ethyl adjacent to an activating group) is 1. The summed E-state index contributed by atoms with van der Waals surface area (Å²) in [7, 11) is 1.36. The number of unbranched alkanes of at least 4 members (excludes halogenated alkanes) is 5. The van der Waals surface area contributed by atoms with Crippen LogP contribution in [0.4, 0.5) is 4.39 Å². The van der Waals surface area contributed by atoms with Gasteiger partial charge in [0, 0.05) is 37.7 Å². The molecule has 2 unspecified atom stereocenters. The number of nitrogens with two attached hydrogens (primary N) is 3. The van der Waals surface area contributed by atoms with Crippen molar-refractivity contribution in [2.75, 3.05) is 46.4 Å². The molecule has 1 aliphatic rings. The van der Waals surface area contributed by atoms with Crippen LogP contribution in [0.2, 0.25) is 0 Å². The van der Waals surface area contributed by atoms with Gasteiger partial charge in [-0.1, -0.05) is 64.2 Å². The molecule has 3 aromatic rings. The summed E-state index contributed by atoms with van der Waals surface area (Å²) in [5.74, 6) is -4.29. The molecule has 10 N–H and O–H groups in total. The minimum atomic E-state index is -1.38. The zero-order valence-corrected chi connectivity index (χ0v) is 35.9. The first-order valence-electron chi connectivity index (χ1n) is 21.1. The Morgan fingerprint density at radius 2 is 1.44 bits per heavy atom. The molecule has 0 aromatic heterocycles. The molecule has 16 heteroatoms. The van der Waals surface area contributed by atoms with Gasteiger partial charge in [0.05, 0.1) is 12.1 Å².